The summed E-state index contributed by atoms with van der Waals surface area (Å²) in [5.74, 6) is 1.21. The zero-order valence-corrected chi connectivity index (χ0v) is 12.4. The first-order chi connectivity index (χ1) is 10.2. The first-order valence-electron chi connectivity index (χ1n) is 7.39. The minimum absolute atomic E-state index is 0.0178. The molecule has 7 heteroatoms. The van der Waals surface area contributed by atoms with Gasteiger partial charge in [-0.1, -0.05) is 12.1 Å². The molecule has 0 aromatic carbocycles. The van der Waals surface area contributed by atoms with E-state index in [4.69, 9.17) is 4.52 Å². The number of hydrogen-bond donors (Lipinski definition) is 1. The lowest BCUT2D eigenvalue weighted by atomic mass is 10.2. The Bertz CT molecular complexity index is 594. The molecule has 7 nitrogen and oxygen atoms in total. The number of aryl methyl sites for hydroxylation is 2. The molecule has 2 atom stereocenters. The number of hydrogen-bond acceptors (Lipinski definition) is 6. The predicted octanol–water partition coefficient (Wildman–Crippen LogP) is 1.29. The van der Waals surface area contributed by atoms with Crippen LogP contribution < -0.4 is 0 Å². The molecule has 0 radical (unpaired) electrons. The summed E-state index contributed by atoms with van der Waals surface area (Å²) in [4.78, 5) is 6.47. The Morgan fingerprint density at radius 2 is 2.33 bits per heavy atom. The van der Waals surface area contributed by atoms with Gasteiger partial charge >= 0.3 is 0 Å². The summed E-state index contributed by atoms with van der Waals surface area (Å²) in [6.45, 7) is 6.20. The molecule has 1 fully saturated rings. The van der Waals surface area contributed by atoms with E-state index in [1.54, 1.807) is 6.92 Å². The fraction of sp³-hybridized carbons (Fsp3) is 0.643. The van der Waals surface area contributed by atoms with Crippen LogP contribution in [0.5, 0.6) is 0 Å². The van der Waals surface area contributed by atoms with Crippen molar-refractivity contribution in [1.29, 1.82) is 0 Å². The maximum Gasteiger partial charge on any atom is 0.244 e. The van der Waals surface area contributed by atoms with E-state index >= 15 is 0 Å². The summed E-state index contributed by atoms with van der Waals surface area (Å²) in [6.07, 6.45) is 5.28. The Hall–Kier alpha value is -1.73. The van der Waals surface area contributed by atoms with Crippen molar-refractivity contribution in [1.82, 2.24) is 24.8 Å². The lowest BCUT2D eigenvalue weighted by molar-refractivity contribution is 0.169. The van der Waals surface area contributed by atoms with Crippen LogP contribution in [0.25, 0.3) is 0 Å². The molecule has 0 saturated carbocycles. The molecule has 0 amide bonds. The third-order valence-electron chi connectivity index (χ3n) is 3.73. The molecule has 3 heterocycles. The summed E-state index contributed by atoms with van der Waals surface area (Å²) in [7, 11) is 0. The highest BCUT2D eigenvalue weighted by Crippen LogP contribution is 2.32. The highest BCUT2D eigenvalue weighted by atomic mass is 16.5. The van der Waals surface area contributed by atoms with E-state index in [1.165, 1.54) is 0 Å². The van der Waals surface area contributed by atoms with Crippen molar-refractivity contribution in [2.75, 3.05) is 6.54 Å². The summed E-state index contributed by atoms with van der Waals surface area (Å²) >= 11 is 0. The third kappa shape index (κ3) is 3.14. The Morgan fingerprint density at radius 3 is 3.05 bits per heavy atom. The summed E-state index contributed by atoms with van der Waals surface area (Å²) in [5, 5.41) is 18.1. The number of likely N-dealkylation sites (tertiary alicyclic amines) is 1. The van der Waals surface area contributed by atoms with Gasteiger partial charge in [-0.25, -0.2) is 0 Å². The van der Waals surface area contributed by atoms with Gasteiger partial charge in [0.05, 0.1) is 18.3 Å². The van der Waals surface area contributed by atoms with Crippen LogP contribution in [0.1, 0.15) is 43.1 Å². The normalized spacial score (nSPS) is 23.0. The van der Waals surface area contributed by atoms with E-state index in [-0.39, 0.29) is 12.1 Å². The average molecular weight is 291 g/mol. The largest absolute Gasteiger partial charge is 0.392 e. The molecular formula is C14H21N5O2. The number of aromatic nitrogens is 4. The van der Waals surface area contributed by atoms with Gasteiger partial charge in [-0.2, -0.15) is 10.1 Å². The molecule has 0 spiro atoms. The number of nitrogens with zero attached hydrogens (tertiary/aromatic N) is 5. The fourth-order valence-corrected chi connectivity index (χ4v) is 2.83. The number of aliphatic hydroxyl groups is 1. The van der Waals surface area contributed by atoms with Crippen molar-refractivity contribution >= 4 is 0 Å². The van der Waals surface area contributed by atoms with Crippen molar-refractivity contribution in [3.63, 3.8) is 0 Å². The Morgan fingerprint density at radius 1 is 1.48 bits per heavy atom. The molecule has 114 valence electrons. The molecule has 1 N–H and O–H groups in total. The van der Waals surface area contributed by atoms with Crippen molar-refractivity contribution in [2.24, 2.45) is 0 Å². The molecule has 0 bridgehead atoms. The molecule has 0 aliphatic carbocycles. The molecule has 3 rings (SSSR count). The summed E-state index contributed by atoms with van der Waals surface area (Å²) in [5.41, 5.74) is 1.14. The number of rotatable bonds is 5. The molecule has 21 heavy (non-hydrogen) atoms. The van der Waals surface area contributed by atoms with Gasteiger partial charge in [-0.05, 0) is 19.8 Å². The van der Waals surface area contributed by atoms with Crippen molar-refractivity contribution < 1.29 is 9.63 Å². The topological polar surface area (TPSA) is 80.2 Å². The molecule has 2 aromatic heterocycles. The minimum atomic E-state index is -0.354. The number of β-amino-alcohol motifs (C(OH)–C–C–N with tert-alkyl or cyclic N) is 1. The second-order valence-corrected chi connectivity index (χ2v) is 5.63. The monoisotopic (exact) mass is 291 g/mol. The molecule has 0 unspecified atom stereocenters. The van der Waals surface area contributed by atoms with Crippen LogP contribution in [0.3, 0.4) is 0 Å². The van der Waals surface area contributed by atoms with Crippen LogP contribution in [-0.4, -0.2) is 42.6 Å². The second kappa shape index (κ2) is 5.95. The quantitative estimate of drug-likeness (QED) is 0.894. The van der Waals surface area contributed by atoms with Gasteiger partial charge in [0, 0.05) is 31.4 Å². The number of aliphatic hydroxyl groups excluding tert-OH is 1. The zero-order chi connectivity index (χ0) is 14.8. The highest BCUT2D eigenvalue weighted by Gasteiger charge is 2.35. The van der Waals surface area contributed by atoms with Gasteiger partial charge < -0.3 is 9.63 Å². The van der Waals surface area contributed by atoms with Gasteiger partial charge in [-0.3, -0.25) is 9.58 Å². The highest BCUT2D eigenvalue weighted by molar-refractivity contribution is 5.07. The zero-order valence-electron chi connectivity index (χ0n) is 12.4. The Kier molecular flexibility index (Phi) is 4.03. The predicted molar refractivity (Wildman–Crippen MR) is 75.3 cm³/mol. The molecule has 1 saturated heterocycles. The van der Waals surface area contributed by atoms with Gasteiger partial charge in [0.2, 0.25) is 5.89 Å². The maximum atomic E-state index is 9.95. The van der Waals surface area contributed by atoms with Crippen LogP contribution >= 0.6 is 0 Å². The summed E-state index contributed by atoms with van der Waals surface area (Å²) in [6, 6.07) is -0.0178. The van der Waals surface area contributed by atoms with E-state index in [2.05, 4.69) is 33.3 Å². The SMILES string of the molecule is CCCn1cc(CN2C[C@@H](O)C[C@@H]2c2nc(C)no2)cn1. The first-order valence-corrected chi connectivity index (χ1v) is 7.39. The minimum Gasteiger partial charge on any atom is -0.392 e. The van der Waals surface area contributed by atoms with Gasteiger partial charge in [0.1, 0.15) is 0 Å². The van der Waals surface area contributed by atoms with E-state index in [0.717, 1.165) is 25.1 Å². The smallest absolute Gasteiger partial charge is 0.244 e. The van der Waals surface area contributed by atoms with Crippen LogP contribution in [-0.2, 0) is 13.1 Å². The molecule has 2 aromatic rings. The second-order valence-electron chi connectivity index (χ2n) is 5.63. The van der Waals surface area contributed by atoms with Gasteiger partial charge in [0.15, 0.2) is 5.82 Å². The van der Waals surface area contributed by atoms with E-state index in [9.17, 15) is 5.11 Å². The Labute approximate surface area is 123 Å². The fourth-order valence-electron chi connectivity index (χ4n) is 2.83. The molecular weight excluding hydrogens is 270 g/mol. The van der Waals surface area contributed by atoms with Crippen LogP contribution in [0.2, 0.25) is 0 Å². The summed E-state index contributed by atoms with van der Waals surface area (Å²) < 4.78 is 7.23. The van der Waals surface area contributed by atoms with Crippen LogP contribution in [0.4, 0.5) is 0 Å². The van der Waals surface area contributed by atoms with E-state index < -0.39 is 0 Å². The van der Waals surface area contributed by atoms with Crippen LogP contribution in [0.15, 0.2) is 16.9 Å². The molecule has 1 aliphatic heterocycles. The first kappa shape index (κ1) is 14.2. The average Bonchev–Trinajstić information content (AvgIpc) is 3.12. The van der Waals surface area contributed by atoms with E-state index in [1.807, 2.05) is 10.9 Å². The maximum absolute atomic E-state index is 9.95. The Balaban J connectivity index is 1.72. The van der Waals surface area contributed by atoms with Crippen LogP contribution in [0, 0.1) is 6.92 Å². The lowest BCUT2D eigenvalue weighted by Crippen LogP contribution is -2.24. The standard InChI is InChI=1S/C14H21N5O2/c1-3-4-19-8-11(6-15-19)7-18-9-12(20)5-13(18)14-16-10(2)17-21-14/h6,8,12-13,20H,3-5,7,9H2,1-2H3/t12-,13+/m0/s1. The van der Waals surface area contributed by atoms with E-state index in [0.29, 0.717) is 24.7 Å². The van der Waals surface area contributed by atoms with Gasteiger partial charge in [0.25, 0.3) is 0 Å². The lowest BCUT2D eigenvalue weighted by Gasteiger charge is -2.20. The van der Waals surface area contributed by atoms with Gasteiger partial charge in [-0.15, -0.1) is 0 Å². The van der Waals surface area contributed by atoms with Crippen molar-refractivity contribution in [3.8, 4) is 0 Å². The van der Waals surface area contributed by atoms with Crippen molar-refractivity contribution in [2.45, 2.75) is 51.9 Å². The van der Waals surface area contributed by atoms with Crippen molar-refractivity contribution in [3.05, 3.63) is 29.7 Å². The third-order valence-corrected chi connectivity index (χ3v) is 3.73. The molecule has 1 aliphatic rings.